The minimum absolute atomic E-state index is 0.00284. The number of nitrogens with zero attached hydrogens (tertiary/aromatic N) is 2. The van der Waals surface area contributed by atoms with Gasteiger partial charge in [0.25, 0.3) is 10.0 Å². The van der Waals surface area contributed by atoms with Gasteiger partial charge in [-0.15, -0.1) is 0 Å². The van der Waals surface area contributed by atoms with Crippen LogP contribution in [0.15, 0.2) is 77.7 Å². The van der Waals surface area contributed by atoms with Crippen molar-refractivity contribution in [2.75, 3.05) is 24.5 Å². The Hall–Kier alpha value is -3.56. The second-order valence-electron chi connectivity index (χ2n) is 9.10. The Morgan fingerprint density at radius 3 is 2.23 bits per heavy atom. The average molecular weight is 572 g/mol. The van der Waals surface area contributed by atoms with Crippen LogP contribution in [0.5, 0.6) is 5.75 Å². The molecule has 39 heavy (non-hydrogen) atoms. The summed E-state index contributed by atoms with van der Waals surface area (Å²) in [6, 6.07) is 19.0. The first kappa shape index (κ1) is 30.0. The van der Waals surface area contributed by atoms with E-state index < -0.39 is 28.5 Å². The molecule has 0 saturated heterocycles. The van der Waals surface area contributed by atoms with Crippen molar-refractivity contribution >= 4 is 39.1 Å². The molecule has 1 unspecified atom stereocenters. The second-order valence-corrected chi connectivity index (χ2v) is 11.4. The van der Waals surface area contributed by atoms with E-state index in [9.17, 15) is 18.0 Å². The molecular weight excluding hydrogens is 538 g/mol. The van der Waals surface area contributed by atoms with E-state index in [1.165, 1.54) is 24.1 Å². The molecule has 0 aliphatic carbocycles. The zero-order chi connectivity index (χ0) is 28.6. The Bertz CT molecular complexity index is 1380. The van der Waals surface area contributed by atoms with E-state index in [1.807, 2.05) is 13.8 Å². The quantitative estimate of drug-likeness (QED) is 0.337. The third kappa shape index (κ3) is 7.52. The number of halogens is 1. The van der Waals surface area contributed by atoms with Crippen LogP contribution >= 0.6 is 11.6 Å². The van der Waals surface area contributed by atoms with Crippen LogP contribution < -0.4 is 14.4 Å². The fraction of sp³-hybridized carbons (Fsp3) is 0.310. The number of methoxy groups -OCH3 is 1. The maximum atomic E-state index is 13.9. The number of rotatable bonds is 12. The number of carbonyl (C=O) groups is 2. The molecule has 0 aliphatic heterocycles. The predicted molar refractivity (Wildman–Crippen MR) is 153 cm³/mol. The lowest BCUT2D eigenvalue weighted by Crippen LogP contribution is -2.51. The molecule has 0 spiro atoms. The van der Waals surface area contributed by atoms with Gasteiger partial charge in [-0.3, -0.25) is 13.9 Å². The zero-order valence-electron chi connectivity index (χ0n) is 22.6. The van der Waals surface area contributed by atoms with Crippen molar-refractivity contribution < 1.29 is 22.7 Å². The highest BCUT2D eigenvalue weighted by atomic mass is 35.5. The molecule has 2 amide bonds. The minimum Gasteiger partial charge on any atom is -0.497 e. The third-order valence-electron chi connectivity index (χ3n) is 6.26. The molecule has 0 heterocycles. The topological polar surface area (TPSA) is 96.0 Å². The summed E-state index contributed by atoms with van der Waals surface area (Å²) in [5.74, 6) is -0.381. The van der Waals surface area contributed by atoms with Gasteiger partial charge in [0.15, 0.2) is 0 Å². The van der Waals surface area contributed by atoms with Gasteiger partial charge in [0.05, 0.1) is 17.7 Å². The molecule has 8 nitrogen and oxygen atoms in total. The molecule has 208 valence electrons. The summed E-state index contributed by atoms with van der Waals surface area (Å²) < 4.78 is 33.9. The Morgan fingerprint density at radius 2 is 1.64 bits per heavy atom. The number of amides is 2. The summed E-state index contributed by atoms with van der Waals surface area (Å²) in [6.45, 7) is 5.41. The molecule has 10 heteroatoms. The molecule has 3 aromatic carbocycles. The van der Waals surface area contributed by atoms with Crippen molar-refractivity contribution in [2.24, 2.45) is 0 Å². The largest absolute Gasteiger partial charge is 0.497 e. The minimum atomic E-state index is -4.16. The molecule has 0 bridgehead atoms. The third-order valence-corrected chi connectivity index (χ3v) is 8.42. The van der Waals surface area contributed by atoms with Gasteiger partial charge in [-0.25, -0.2) is 8.42 Å². The van der Waals surface area contributed by atoms with Gasteiger partial charge in [0.2, 0.25) is 11.8 Å². The molecule has 0 aromatic heterocycles. The van der Waals surface area contributed by atoms with Crippen LogP contribution in [0.25, 0.3) is 0 Å². The van der Waals surface area contributed by atoms with Crippen molar-refractivity contribution in [1.29, 1.82) is 0 Å². The first-order valence-corrected chi connectivity index (χ1v) is 14.4. The van der Waals surface area contributed by atoms with E-state index in [1.54, 1.807) is 67.6 Å². The van der Waals surface area contributed by atoms with E-state index in [4.69, 9.17) is 16.3 Å². The second kappa shape index (κ2) is 13.5. The summed E-state index contributed by atoms with van der Waals surface area (Å²) in [7, 11) is -2.67. The fourth-order valence-corrected chi connectivity index (χ4v) is 5.51. The van der Waals surface area contributed by atoms with Crippen LogP contribution in [0.1, 0.15) is 31.4 Å². The van der Waals surface area contributed by atoms with E-state index >= 15 is 0 Å². The zero-order valence-corrected chi connectivity index (χ0v) is 24.1. The number of aryl methyl sites for hydroxylation is 1. The van der Waals surface area contributed by atoms with Crippen LogP contribution in [-0.4, -0.2) is 51.4 Å². The normalized spacial score (nSPS) is 11.9. The smallest absolute Gasteiger partial charge is 0.264 e. The van der Waals surface area contributed by atoms with Crippen molar-refractivity contribution in [2.45, 2.75) is 44.7 Å². The van der Waals surface area contributed by atoms with Gasteiger partial charge in [-0.1, -0.05) is 54.4 Å². The fourth-order valence-electron chi connectivity index (χ4n) is 3.90. The number of ether oxygens (including phenoxy) is 1. The first-order chi connectivity index (χ1) is 18.6. The van der Waals surface area contributed by atoms with E-state index in [0.29, 0.717) is 28.6 Å². The first-order valence-electron chi connectivity index (χ1n) is 12.6. The number of carbonyl (C=O) groups excluding carboxylic acids is 2. The van der Waals surface area contributed by atoms with Crippen molar-refractivity contribution in [3.63, 3.8) is 0 Å². The molecule has 1 atom stereocenters. The van der Waals surface area contributed by atoms with Crippen LogP contribution in [-0.2, 0) is 26.2 Å². The molecule has 0 radical (unpaired) electrons. The predicted octanol–water partition coefficient (Wildman–Crippen LogP) is 4.80. The van der Waals surface area contributed by atoms with Crippen LogP contribution in [0.2, 0.25) is 5.02 Å². The van der Waals surface area contributed by atoms with E-state index in [2.05, 4.69) is 5.32 Å². The van der Waals surface area contributed by atoms with Gasteiger partial charge >= 0.3 is 0 Å². The highest BCUT2D eigenvalue weighted by Crippen LogP contribution is 2.27. The van der Waals surface area contributed by atoms with E-state index in [-0.39, 0.29) is 17.3 Å². The van der Waals surface area contributed by atoms with Crippen molar-refractivity contribution in [1.82, 2.24) is 10.2 Å². The molecule has 3 aromatic rings. The molecule has 0 aliphatic rings. The summed E-state index contributed by atoms with van der Waals surface area (Å²) >= 11 is 6.38. The molecule has 3 rings (SSSR count). The lowest BCUT2D eigenvalue weighted by Gasteiger charge is -2.32. The Kier molecular flexibility index (Phi) is 10.4. The van der Waals surface area contributed by atoms with Crippen LogP contribution in [0, 0.1) is 6.92 Å². The maximum absolute atomic E-state index is 13.9. The molecule has 1 N–H and O–H groups in total. The molecular formula is C29H34ClN3O5S. The van der Waals surface area contributed by atoms with Crippen molar-refractivity contribution in [3.05, 3.63) is 88.9 Å². The number of anilines is 1. The Balaban J connectivity index is 2.02. The van der Waals surface area contributed by atoms with Gasteiger partial charge in [0, 0.05) is 18.1 Å². The summed E-state index contributed by atoms with van der Waals surface area (Å²) in [4.78, 5) is 28.2. The SMILES string of the molecule is CCCNC(=O)C(C)N(Cc1ccccc1Cl)C(=O)CN(c1ccc(C)cc1)S(=O)(=O)c1ccc(OC)cc1. The number of hydrogen-bond donors (Lipinski definition) is 1. The summed E-state index contributed by atoms with van der Waals surface area (Å²) in [5.41, 5.74) is 1.90. The lowest BCUT2D eigenvalue weighted by atomic mass is 10.1. The molecule has 0 fully saturated rings. The van der Waals surface area contributed by atoms with Gasteiger partial charge < -0.3 is 15.0 Å². The highest BCUT2D eigenvalue weighted by molar-refractivity contribution is 7.92. The van der Waals surface area contributed by atoms with Gasteiger partial charge in [-0.2, -0.15) is 0 Å². The number of nitrogens with one attached hydrogen (secondary N) is 1. The summed E-state index contributed by atoms with van der Waals surface area (Å²) in [6.07, 6.45) is 0.734. The lowest BCUT2D eigenvalue weighted by molar-refractivity contribution is -0.139. The molecule has 0 saturated carbocycles. The Labute approximate surface area is 235 Å². The highest BCUT2D eigenvalue weighted by Gasteiger charge is 2.32. The number of hydrogen-bond acceptors (Lipinski definition) is 5. The summed E-state index contributed by atoms with van der Waals surface area (Å²) in [5, 5.41) is 3.26. The van der Waals surface area contributed by atoms with Crippen LogP contribution in [0.4, 0.5) is 5.69 Å². The monoisotopic (exact) mass is 571 g/mol. The Morgan fingerprint density at radius 1 is 1.00 bits per heavy atom. The number of sulfonamides is 1. The van der Waals surface area contributed by atoms with E-state index in [0.717, 1.165) is 16.3 Å². The van der Waals surface area contributed by atoms with Crippen molar-refractivity contribution in [3.8, 4) is 5.75 Å². The number of benzene rings is 3. The van der Waals surface area contributed by atoms with Gasteiger partial charge in [0.1, 0.15) is 18.3 Å². The average Bonchev–Trinajstić information content (AvgIpc) is 2.94. The van der Waals surface area contributed by atoms with Gasteiger partial charge in [-0.05, 0) is 68.3 Å². The van der Waals surface area contributed by atoms with Crippen LogP contribution in [0.3, 0.4) is 0 Å². The maximum Gasteiger partial charge on any atom is 0.264 e. The standard InChI is InChI=1S/C29H34ClN3O5S/c1-5-18-31-29(35)22(3)32(19-23-8-6-7-9-27(23)30)28(34)20-33(24-12-10-21(2)11-13-24)39(36,37)26-16-14-25(38-4)15-17-26/h6-17,22H,5,18-20H2,1-4H3,(H,31,35).